The van der Waals surface area contributed by atoms with E-state index in [4.69, 9.17) is 0 Å². The van der Waals surface area contributed by atoms with Crippen molar-refractivity contribution in [1.29, 1.82) is 0 Å². The molecular weight excluding hydrogens is 144 g/mol. The third kappa shape index (κ3) is 1.94. The summed E-state index contributed by atoms with van der Waals surface area (Å²) in [5.74, 6) is 0. The Morgan fingerprint density at radius 2 is 1.90 bits per heavy atom. The predicted molar refractivity (Wildman–Crippen MR) is 45.2 cm³/mol. The van der Waals surface area contributed by atoms with E-state index in [0.717, 1.165) is 12.8 Å². The van der Waals surface area contributed by atoms with Crippen molar-refractivity contribution in [2.24, 2.45) is 0 Å². The fourth-order valence-electron chi connectivity index (χ4n) is 1.43. The van der Waals surface area contributed by atoms with Crippen LogP contribution >= 0.6 is 0 Å². The zero-order chi connectivity index (χ0) is 7.40. The van der Waals surface area contributed by atoms with E-state index in [1.807, 2.05) is 0 Å². The van der Waals surface area contributed by atoms with Crippen LogP contribution in [0.15, 0.2) is 12.0 Å². The zero-order valence-electron chi connectivity index (χ0n) is 6.21. The topological polar surface area (TPSA) is 17.1 Å². The standard InChI is InChI=1S/C8H14OS/c1-2-10(9)8-6-4-3-5-7-8/h2,8H,1,3-7H2. The minimum Gasteiger partial charge on any atom is -0.255 e. The lowest BCUT2D eigenvalue weighted by molar-refractivity contribution is 0.506. The molecule has 0 bridgehead atoms. The van der Waals surface area contributed by atoms with Crippen molar-refractivity contribution in [3.8, 4) is 0 Å². The molecule has 0 aliphatic heterocycles. The Morgan fingerprint density at radius 1 is 1.30 bits per heavy atom. The maximum absolute atomic E-state index is 11.2. The molecular formula is C8H14OS. The van der Waals surface area contributed by atoms with Gasteiger partial charge < -0.3 is 0 Å². The SMILES string of the molecule is C=CS(=O)C1CCCCC1. The van der Waals surface area contributed by atoms with Crippen LogP contribution < -0.4 is 0 Å². The van der Waals surface area contributed by atoms with Gasteiger partial charge in [-0.05, 0) is 18.2 Å². The van der Waals surface area contributed by atoms with E-state index in [1.165, 1.54) is 19.3 Å². The minimum atomic E-state index is -0.750. The second-order valence-corrected chi connectivity index (χ2v) is 4.41. The summed E-state index contributed by atoms with van der Waals surface area (Å²) in [4.78, 5) is 0. The van der Waals surface area contributed by atoms with Crippen LogP contribution in [0.25, 0.3) is 0 Å². The number of hydrogen-bond acceptors (Lipinski definition) is 1. The van der Waals surface area contributed by atoms with Crippen molar-refractivity contribution in [3.63, 3.8) is 0 Å². The maximum Gasteiger partial charge on any atom is 0.0481 e. The molecule has 0 radical (unpaired) electrons. The van der Waals surface area contributed by atoms with Crippen molar-refractivity contribution < 1.29 is 4.21 Å². The van der Waals surface area contributed by atoms with Gasteiger partial charge in [0, 0.05) is 16.0 Å². The monoisotopic (exact) mass is 158 g/mol. The Balaban J connectivity index is 2.38. The zero-order valence-corrected chi connectivity index (χ0v) is 7.03. The molecule has 1 aliphatic carbocycles. The van der Waals surface area contributed by atoms with Gasteiger partial charge in [-0.25, -0.2) is 0 Å². The van der Waals surface area contributed by atoms with Crippen LogP contribution in [0.3, 0.4) is 0 Å². The molecule has 10 heavy (non-hydrogen) atoms. The summed E-state index contributed by atoms with van der Waals surface area (Å²) in [6, 6.07) is 0. The predicted octanol–water partition coefficient (Wildman–Crippen LogP) is 2.21. The largest absolute Gasteiger partial charge is 0.255 e. The van der Waals surface area contributed by atoms with E-state index in [-0.39, 0.29) is 0 Å². The molecule has 0 aromatic carbocycles. The molecule has 0 aromatic heterocycles. The molecule has 1 nitrogen and oxygen atoms in total. The molecule has 58 valence electrons. The van der Waals surface area contributed by atoms with Crippen LogP contribution in [0.4, 0.5) is 0 Å². The molecule has 1 aliphatic rings. The van der Waals surface area contributed by atoms with E-state index in [9.17, 15) is 4.21 Å². The molecule has 0 spiro atoms. The van der Waals surface area contributed by atoms with Gasteiger partial charge in [-0.15, -0.1) is 0 Å². The van der Waals surface area contributed by atoms with Crippen molar-refractivity contribution in [2.75, 3.05) is 0 Å². The minimum absolute atomic E-state index is 0.422. The molecule has 2 heteroatoms. The van der Waals surface area contributed by atoms with Crippen molar-refractivity contribution in [2.45, 2.75) is 37.4 Å². The Kier molecular flexibility index (Phi) is 3.13. The molecule has 1 atom stereocenters. The van der Waals surface area contributed by atoms with Gasteiger partial charge in [0.05, 0.1) is 0 Å². The van der Waals surface area contributed by atoms with Gasteiger partial charge in [-0.1, -0.05) is 25.8 Å². The fraction of sp³-hybridized carbons (Fsp3) is 0.750. The van der Waals surface area contributed by atoms with Crippen LogP contribution in [0.2, 0.25) is 0 Å². The summed E-state index contributed by atoms with van der Waals surface area (Å²) in [7, 11) is -0.750. The Labute approximate surface area is 65.0 Å². The molecule has 1 unspecified atom stereocenters. The van der Waals surface area contributed by atoms with Crippen LogP contribution in [-0.4, -0.2) is 9.46 Å². The average molecular weight is 158 g/mol. The van der Waals surface area contributed by atoms with Crippen molar-refractivity contribution in [3.05, 3.63) is 12.0 Å². The first kappa shape index (κ1) is 7.99. The first-order valence-corrected chi connectivity index (χ1v) is 5.14. The van der Waals surface area contributed by atoms with E-state index in [2.05, 4.69) is 6.58 Å². The van der Waals surface area contributed by atoms with Gasteiger partial charge in [0.15, 0.2) is 0 Å². The van der Waals surface area contributed by atoms with Crippen LogP contribution in [0.5, 0.6) is 0 Å². The van der Waals surface area contributed by atoms with E-state index in [1.54, 1.807) is 5.41 Å². The lowest BCUT2D eigenvalue weighted by atomic mass is 10.0. The molecule has 0 saturated heterocycles. The van der Waals surface area contributed by atoms with Crippen molar-refractivity contribution in [1.82, 2.24) is 0 Å². The highest BCUT2D eigenvalue weighted by Crippen LogP contribution is 2.22. The van der Waals surface area contributed by atoms with E-state index >= 15 is 0 Å². The third-order valence-electron chi connectivity index (χ3n) is 2.04. The fourth-order valence-corrected chi connectivity index (χ4v) is 2.50. The second kappa shape index (κ2) is 3.91. The average Bonchev–Trinajstić information content (AvgIpc) is 2.05. The Morgan fingerprint density at radius 3 is 2.40 bits per heavy atom. The highest BCUT2D eigenvalue weighted by Gasteiger charge is 2.16. The van der Waals surface area contributed by atoms with Crippen LogP contribution in [-0.2, 0) is 10.8 Å². The Bertz CT molecular complexity index is 136. The third-order valence-corrected chi connectivity index (χ3v) is 3.50. The van der Waals surface area contributed by atoms with Gasteiger partial charge in [0.2, 0.25) is 0 Å². The summed E-state index contributed by atoms with van der Waals surface area (Å²) in [6.07, 6.45) is 6.11. The van der Waals surface area contributed by atoms with E-state index < -0.39 is 10.8 Å². The van der Waals surface area contributed by atoms with Crippen LogP contribution in [0.1, 0.15) is 32.1 Å². The van der Waals surface area contributed by atoms with Gasteiger partial charge in [0.25, 0.3) is 0 Å². The van der Waals surface area contributed by atoms with Gasteiger partial charge >= 0.3 is 0 Å². The Hall–Kier alpha value is -0.110. The van der Waals surface area contributed by atoms with E-state index in [0.29, 0.717) is 5.25 Å². The smallest absolute Gasteiger partial charge is 0.0481 e. The quantitative estimate of drug-likeness (QED) is 0.602. The molecule has 0 aromatic rings. The molecule has 1 fully saturated rings. The summed E-state index contributed by atoms with van der Waals surface area (Å²) in [6.45, 7) is 3.54. The summed E-state index contributed by atoms with van der Waals surface area (Å²) in [5.41, 5.74) is 0. The lowest BCUT2D eigenvalue weighted by Crippen LogP contribution is -2.16. The summed E-state index contributed by atoms with van der Waals surface area (Å²) >= 11 is 0. The lowest BCUT2D eigenvalue weighted by Gasteiger charge is -2.18. The number of rotatable bonds is 2. The molecule has 0 heterocycles. The van der Waals surface area contributed by atoms with Crippen LogP contribution in [0, 0.1) is 0 Å². The molecule has 1 saturated carbocycles. The summed E-state index contributed by atoms with van der Waals surface area (Å²) < 4.78 is 11.2. The maximum atomic E-state index is 11.2. The second-order valence-electron chi connectivity index (χ2n) is 2.76. The first-order chi connectivity index (χ1) is 4.84. The first-order valence-electron chi connectivity index (χ1n) is 3.86. The molecule has 0 N–H and O–H groups in total. The highest BCUT2D eigenvalue weighted by atomic mass is 32.2. The van der Waals surface area contributed by atoms with Gasteiger partial charge in [-0.2, -0.15) is 0 Å². The van der Waals surface area contributed by atoms with Gasteiger partial charge in [-0.3, -0.25) is 4.21 Å². The normalized spacial score (nSPS) is 24.0. The summed E-state index contributed by atoms with van der Waals surface area (Å²) in [5, 5.41) is 2.00. The highest BCUT2D eigenvalue weighted by molar-refractivity contribution is 7.88. The number of hydrogen-bond donors (Lipinski definition) is 0. The van der Waals surface area contributed by atoms with Gasteiger partial charge in [0.1, 0.15) is 0 Å². The molecule has 0 amide bonds. The van der Waals surface area contributed by atoms with Crippen molar-refractivity contribution >= 4 is 10.8 Å². The molecule has 1 rings (SSSR count).